The van der Waals surface area contributed by atoms with Crippen LogP contribution in [0.5, 0.6) is 5.75 Å². The Morgan fingerprint density at radius 1 is 1.08 bits per heavy atom. The standard InChI is InChI=1S/C24H28N8O4S/c1-13(2)37(25,35)20-11-10-16(29-31-20)15-6-5-7-17(22(15)36-4)27-18-12-19(28-23(33)14-8-9-14)30-32-21(18)24(34)26-3/h5-7,10-14,25H,8-9H2,1-4H3,(H,26,34)(H2,27,28,30,33). The summed E-state index contributed by atoms with van der Waals surface area (Å²) in [5.74, 6) is 0.000463. The lowest BCUT2D eigenvalue weighted by molar-refractivity contribution is -0.117. The maximum atomic E-state index is 12.6. The fraction of sp³-hybridized carbons (Fsp3) is 0.333. The van der Waals surface area contributed by atoms with E-state index in [4.69, 9.17) is 9.52 Å². The molecule has 2 aromatic heterocycles. The molecule has 0 bridgehead atoms. The third-order valence-electron chi connectivity index (χ3n) is 5.81. The van der Waals surface area contributed by atoms with Crippen LogP contribution in [-0.2, 0) is 14.5 Å². The number of amides is 2. The molecule has 1 unspecified atom stereocenters. The summed E-state index contributed by atoms with van der Waals surface area (Å²) in [6, 6.07) is 9.99. The van der Waals surface area contributed by atoms with Crippen molar-refractivity contribution >= 4 is 38.7 Å². The van der Waals surface area contributed by atoms with Crippen molar-refractivity contribution in [3.05, 3.63) is 42.1 Å². The van der Waals surface area contributed by atoms with E-state index >= 15 is 0 Å². The average molecular weight is 525 g/mol. The third-order valence-corrected chi connectivity index (χ3v) is 7.98. The van der Waals surface area contributed by atoms with Crippen molar-refractivity contribution in [2.75, 3.05) is 24.8 Å². The first kappa shape index (κ1) is 25.9. The van der Waals surface area contributed by atoms with Gasteiger partial charge in [0.2, 0.25) is 5.91 Å². The Bertz CT molecular complexity index is 1440. The second-order valence-corrected chi connectivity index (χ2v) is 11.3. The first-order chi connectivity index (χ1) is 17.6. The lowest BCUT2D eigenvalue weighted by atomic mass is 10.1. The van der Waals surface area contributed by atoms with Crippen LogP contribution in [0.2, 0.25) is 0 Å². The molecule has 3 aromatic rings. The van der Waals surface area contributed by atoms with Gasteiger partial charge in [0.05, 0.1) is 33.9 Å². The van der Waals surface area contributed by atoms with E-state index in [0.29, 0.717) is 28.4 Å². The van der Waals surface area contributed by atoms with Gasteiger partial charge in [0, 0.05) is 29.8 Å². The summed E-state index contributed by atoms with van der Waals surface area (Å²) < 4.78 is 26.4. The van der Waals surface area contributed by atoms with Gasteiger partial charge in [-0.05, 0) is 51.0 Å². The SMILES string of the molecule is CNC(=O)c1nnc(NC(=O)C2CC2)cc1Nc1cccc(-c2ccc(S(=N)(=O)C(C)C)nn2)c1OC. The van der Waals surface area contributed by atoms with Gasteiger partial charge in [-0.2, -0.15) is 0 Å². The van der Waals surface area contributed by atoms with E-state index in [2.05, 4.69) is 36.3 Å². The fourth-order valence-corrected chi connectivity index (χ4v) is 4.39. The molecule has 2 heterocycles. The molecular weight excluding hydrogens is 496 g/mol. The van der Waals surface area contributed by atoms with Crippen molar-refractivity contribution in [1.82, 2.24) is 25.7 Å². The van der Waals surface area contributed by atoms with Crippen LogP contribution < -0.4 is 20.7 Å². The van der Waals surface area contributed by atoms with Crippen LogP contribution in [0.15, 0.2) is 41.4 Å². The molecule has 0 spiro atoms. The predicted molar refractivity (Wildman–Crippen MR) is 138 cm³/mol. The first-order valence-corrected chi connectivity index (χ1v) is 13.2. The zero-order valence-electron chi connectivity index (χ0n) is 20.9. The first-order valence-electron chi connectivity index (χ1n) is 11.6. The summed E-state index contributed by atoms with van der Waals surface area (Å²) in [6.07, 6.45) is 1.68. The number of methoxy groups -OCH3 is 1. The molecule has 1 aromatic carbocycles. The van der Waals surface area contributed by atoms with E-state index in [-0.39, 0.29) is 28.4 Å². The Balaban J connectivity index is 1.70. The van der Waals surface area contributed by atoms with Crippen molar-refractivity contribution in [3.8, 4) is 17.0 Å². The number of hydrogen-bond acceptors (Lipinski definition) is 10. The minimum absolute atomic E-state index is 0.0231. The van der Waals surface area contributed by atoms with Gasteiger partial charge in [-0.3, -0.25) is 9.59 Å². The van der Waals surface area contributed by atoms with Crippen LogP contribution >= 0.6 is 0 Å². The highest BCUT2D eigenvalue weighted by Crippen LogP contribution is 2.38. The molecule has 194 valence electrons. The molecule has 1 aliphatic rings. The van der Waals surface area contributed by atoms with Crippen molar-refractivity contribution in [2.24, 2.45) is 5.92 Å². The number of ether oxygens (including phenoxy) is 1. The van der Waals surface area contributed by atoms with E-state index in [0.717, 1.165) is 12.8 Å². The molecule has 2 amide bonds. The van der Waals surface area contributed by atoms with Crippen molar-refractivity contribution in [1.29, 1.82) is 4.78 Å². The summed E-state index contributed by atoms with van der Waals surface area (Å²) in [7, 11) is -0.0944. The normalized spacial score (nSPS) is 14.5. The lowest BCUT2D eigenvalue weighted by Crippen LogP contribution is -2.22. The van der Waals surface area contributed by atoms with Gasteiger partial charge in [-0.15, -0.1) is 20.4 Å². The van der Waals surface area contributed by atoms with Crippen molar-refractivity contribution in [2.45, 2.75) is 37.0 Å². The molecule has 4 rings (SSSR count). The van der Waals surface area contributed by atoms with E-state index in [1.807, 2.05) is 0 Å². The van der Waals surface area contributed by atoms with Gasteiger partial charge >= 0.3 is 0 Å². The van der Waals surface area contributed by atoms with Gasteiger partial charge in [0.1, 0.15) is 0 Å². The number of nitrogens with one attached hydrogen (secondary N) is 4. The van der Waals surface area contributed by atoms with E-state index in [9.17, 15) is 13.8 Å². The molecule has 13 heteroatoms. The predicted octanol–water partition coefficient (Wildman–Crippen LogP) is 3.21. The summed E-state index contributed by atoms with van der Waals surface area (Å²) in [6.45, 7) is 3.40. The number of rotatable bonds is 9. The Hall–Kier alpha value is -4.13. The number of carbonyl (C=O) groups excluding carboxylic acids is 2. The lowest BCUT2D eigenvalue weighted by Gasteiger charge is -2.17. The molecule has 1 aliphatic carbocycles. The van der Waals surface area contributed by atoms with Crippen LogP contribution in [0.1, 0.15) is 37.2 Å². The maximum Gasteiger partial charge on any atom is 0.273 e. The smallest absolute Gasteiger partial charge is 0.273 e. The molecule has 1 fully saturated rings. The van der Waals surface area contributed by atoms with Gasteiger partial charge in [-0.1, -0.05) is 6.07 Å². The molecule has 0 saturated heterocycles. The Morgan fingerprint density at radius 3 is 2.43 bits per heavy atom. The van der Waals surface area contributed by atoms with Crippen molar-refractivity contribution < 1.29 is 18.5 Å². The average Bonchev–Trinajstić information content (AvgIpc) is 3.74. The highest BCUT2D eigenvalue weighted by molar-refractivity contribution is 7.92. The number of anilines is 3. The summed E-state index contributed by atoms with van der Waals surface area (Å²) in [5, 5.41) is 24.4. The number of hydrogen-bond donors (Lipinski definition) is 4. The highest BCUT2D eigenvalue weighted by atomic mass is 32.2. The number of nitrogens with zero attached hydrogens (tertiary/aromatic N) is 4. The van der Waals surface area contributed by atoms with Crippen LogP contribution in [0.3, 0.4) is 0 Å². The Kier molecular flexibility index (Phi) is 7.34. The molecular formula is C24H28N8O4S. The van der Waals surface area contributed by atoms with E-state index < -0.39 is 20.9 Å². The number of para-hydroxylation sites is 1. The van der Waals surface area contributed by atoms with Gasteiger partial charge in [0.25, 0.3) is 5.91 Å². The molecule has 0 radical (unpaired) electrons. The Morgan fingerprint density at radius 2 is 1.84 bits per heavy atom. The molecule has 12 nitrogen and oxygen atoms in total. The molecule has 0 aliphatic heterocycles. The third kappa shape index (κ3) is 5.50. The van der Waals surface area contributed by atoms with Gasteiger partial charge < -0.3 is 20.7 Å². The molecule has 4 N–H and O–H groups in total. The molecule has 1 atom stereocenters. The number of benzene rings is 1. The fourth-order valence-electron chi connectivity index (χ4n) is 3.48. The molecule has 1 saturated carbocycles. The van der Waals surface area contributed by atoms with E-state index in [1.54, 1.807) is 38.1 Å². The van der Waals surface area contributed by atoms with Crippen molar-refractivity contribution in [3.63, 3.8) is 0 Å². The Labute approximate surface area is 214 Å². The van der Waals surface area contributed by atoms with E-state index in [1.165, 1.54) is 26.3 Å². The monoisotopic (exact) mass is 524 g/mol. The summed E-state index contributed by atoms with van der Waals surface area (Å²) in [5.41, 5.74) is 1.86. The highest BCUT2D eigenvalue weighted by Gasteiger charge is 2.30. The minimum atomic E-state index is -3.07. The largest absolute Gasteiger partial charge is 0.494 e. The number of aromatic nitrogens is 4. The second kappa shape index (κ2) is 10.5. The van der Waals surface area contributed by atoms with Crippen LogP contribution in [0.25, 0.3) is 11.3 Å². The van der Waals surface area contributed by atoms with Crippen LogP contribution in [-0.4, -0.2) is 55.8 Å². The molecule has 37 heavy (non-hydrogen) atoms. The minimum Gasteiger partial charge on any atom is -0.494 e. The zero-order valence-corrected chi connectivity index (χ0v) is 21.7. The summed E-state index contributed by atoms with van der Waals surface area (Å²) >= 11 is 0. The zero-order chi connectivity index (χ0) is 26.7. The van der Waals surface area contributed by atoms with Crippen LogP contribution in [0.4, 0.5) is 17.2 Å². The topological polar surface area (TPSA) is 172 Å². The quantitative estimate of drug-likeness (QED) is 0.328. The van der Waals surface area contributed by atoms with Gasteiger partial charge in [0.15, 0.2) is 22.3 Å². The second-order valence-electron chi connectivity index (χ2n) is 8.75. The summed E-state index contributed by atoms with van der Waals surface area (Å²) in [4.78, 5) is 24.7. The maximum absolute atomic E-state index is 12.6. The van der Waals surface area contributed by atoms with Gasteiger partial charge in [-0.25, -0.2) is 8.99 Å². The number of carbonyl (C=O) groups is 2. The van der Waals surface area contributed by atoms with Crippen LogP contribution in [0, 0.1) is 10.7 Å².